The highest BCUT2D eigenvalue weighted by Gasteiger charge is 2.78. The van der Waals surface area contributed by atoms with Crippen LogP contribution in [0.4, 0.5) is 74.6 Å². The van der Waals surface area contributed by atoms with Crippen molar-refractivity contribution in [3.63, 3.8) is 0 Å². The quantitative estimate of drug-likeness (QED) is 0.417. The SMILES string of the molecule is O=C1c2cc(C(F)(F)C(F)(F)C(F)(F)F)c(C(F)(F)C(F)(F)C(F)(F)F)cc2C(O)C1C(O)C(F)(F)F. The molecule has 3 unspecified atom stereocenters. The molecule has 3 nitrogen and oxygen atoms in total. The number of ketones is 1. The van der Waals surface area contributed by atoms with Crippen molar-refractivity contribution in [3.05, 3.63) is 34.4 Å². The summed E-state index contributed by atoms with van der Waals surface area (Å²) in [4.78, 5) is 12.1. The molecule has 0 saturated carbocycles. The number of hydrogen-bond acceptors (Lipinski definition) is 3. The van der Waals surface area contributed by atoms with Crippen LogP contribution in [0.3, 0.4) is 0 Å². The fourth-order valence-electron chi connectivity index (χ4n) is 3.32. The Balaban J connectivity index is 3.00. The summed E-state index contributed by atoms with van der Waals surface area (Å²) in [6, 6.07) is -2.35. The Morgan fingerprint density at radius 3 is 1.32 bits per heavy atom. The third-order valence-electron chi connectivity index (χ3n) is 5.27. The topological polar surface area (TPSA) is 57.5 Å². The summed E-state index contributed by atoms with van der Waals surface area (Å²) in [5.74, 6) is -34.9. The lowest BCUT2D eigenvalue weighted by atomic mass is 9.87. The Kier molecular flexibility index (Phi) is 6.93. The fourth-order valence-corrected chi connectivity index (χ4v) is 3.32. The molecule has 1 aromatic carbocycles. The highest BCUT2D eigenvalue weighted by molar-refractivity contribution is 6.03. The van der Waals surface area contributed by atoms with Gasteiger partial charge in [-0.1, -0.05) is 0 Å². The Bertz CT molecular complexity index is 1070. The summed E-state index contributed by atoms with van der Waals surface area (Å²) in [5, 5.41) is 19.0. The molecular formula is C17H7F17O3. The van der Waals surface area contributed by atoms with Crippen LogP contribution >= 0.6 is 0 Å². The van der Waals surface area contributed by atoms with E-state index < -0.39 is 101 Å². The Hall–Kier alpha value is -2.38. The molecule has 0 heterocycles. The number of benzene rings is 1. The van der Waals surface area contributed by atoms with E-state index in [1.165, 1.54) is 0 Å². The molecule has 2 rings (SSSR count). The van der Waals surface area contributed by atoms with Crippen molar-refractivity contribution in [2.45, 2.75) is 54.4 Å². The summed E-state index contributed by atoms with van der Waals surface area (Å²) in [5.41, 5.74) is -11.1. The van der Waals surface area contributed by atoms with E-state index in [-0.39, 0.29) is 0 Å². The van der Waals surface area contributed by atoms with Crippen LogP contribution in [0, 0.1) is 5.92 Å². The van der Waals surface area contributed by atoms with Gasteiger partial charge in [-0.2, -0.15) is 74.6 Å². The second kappa shape index (κ2) is 8.31. The number of alkyl halides is 17. The third-order valence-corrected chi connectivity index (χ3v) is 5.27. The van der Waals surface area contributed by atoms with E-state index in [1.54, 1.807) is 0 Å². The van der Waals surface area contributed by atoms with Crippen molar-refractivity contribution in [2.24, 2.45) is 5.92 Å². The summed E-state index contributed by atoms with van der Waals surface area (Å²) >= 11 is 0. The molecule has 0 aromatic heterocycles. The van der Waals surface area contributed by atoms with Crippen LogP contribution in [0.25, 0.3) is 0 Å². The molecular weight excluding hydrogens is 575 g/mol. The van der Waals surface area contributed by atoms with Gasteiger partial charge in [0.05, 0.1) is 12.0 Å². The molecule has 20 heteroatoms. The van der Waals surface area contributed by atoms with Gasteiger partial charge in [-0.15, -0.1) is 0 Å². The number of aliphatic hydroxyl groups excluding tert-OH is 2. The van der Waals surface area contributed by atoms with Gasteiger partial charge < -0.3 is 10.2 Å². The van der Waals surface area contributed by atoms with Gasteiger partial charge in [-0.05, 0) is 17.7 Å². The number of Topliss-reactive ketones (excluding diaryl/α,β-unsaturated/α-hetero) is 1. The zero-order valence-electron chi connectivity index (χ0n) is 16.6. The first-order chi connectivity index (χ1) is 16.1. The summed E-state index contributed by atoms with van der Waals surface area (Å²) in [7, 11) is 0. The molecule has 0 bridgehead atoms. The standard InChI is InChI=1S/C17H7F17O3/c18-11(19,14(25,26)16(29,30)31)5-1-3-4(9(36)7(8(3)35)10(37)13(22,23)24)2-6(5)12(20,21)15(27,28)17(32,33)34/h1-2,7-8,10,35,37H. The first kappa shape index (κ1) is 30.8. The predicted octanol–water partition coefficient (Wildman–Crippen LogP) is 6.03. The van der Waals surface area contributed by atoms with E-state index in [4.69, 9.17) is 0 Å². The van der Waals surface area contributed by atoms with Crippen LogP contribution < -0.4 is 0 Å². The highest BCUT2D eigenvalue weighted by Crippen LogP contribution is 2.59. The van der Waals surface area contributed by atoms with Crippen LogP contribution in [0.5, 0.6) is 0 Å². The molecule has 0 fully saturated rings. The zero-order valence-corrected chi connectivity index (χ0v) is 16.6. The van der Waals surface area contributed by atoms with Gasteiger partial charge in [-0.3, -0.25) is 4.79 Å². The maximum Gasteiger partial charge on any atom is 0.460 e. The number of aliphatic hydroxyl groups is 2. The predicted molar refractivity (Wildman–Crippen MR) is 81.1 cm³/mol. The maximum atomic E-state index is 14.3. The van der Waals surface area contributed by atoms with Gasteiger partial charge in [0.25, 0.3) is 0 Å². The molecule has 1 aliphatic rings. The van der Waals surface area contributed by atoms with Crippen molar-refractivity contribution in [2.75, 3.05) is 0 Å². The van der Waals surface area contributed by atoms with Crippen LogP contribution in [-0.2, 0) is 11.8 Å². The number of carbonyl (C=O) groups excluding carboxylic acids is 1. The fraction of sp³-hybridized carbons (Fsp3) is 0.588. The highest BCUT2D eigenvalue weighted by atomic mass is 19.4. The largest absolute Gasteiger partial charge is 0.460 e. The van der Waals surface area contributed by atoms with Gasteiger partial charge >= 0.3 is 42.2 Å². The summed E-state index contributed by atoms with van der Waals surface area (Å²) < 4.78 is 225. The molecule has 3 atom stereocenters. The van der Waals surface area contributed by atoms with Crippen molar-refractivity contribution < 1.29 is 89.6 Å². The molecule has 1 aliphatic carbocycles. The smallest absolute Gasteiger partial charge is 0.388 e. The molecule has 2 N–H and O–H groups in total. The lowest BCUT2D eigenvalue weighted by Gasteiger charge is -2.34. The lowest BCUT2D eigenvalue weighted by molar-refractivity contribution is -0.367. The van der Waals surface area contributed by atoms with Crippen LogP contribution in [0.15, 0.2) is 12.1 Å². The molecule has 37 heavy (non-hydrogen) atoms. The monoisotopic (exact) mass is 582 g/mol. The van der Waals surface area contributed by atoms with Crippen molar-refractivity contribution in [1.29, 1.82) is 0 Å². The van der Waals surface area contributed by atoms with Gasteiger partial charge in [-0.25, -0.2) is 0 Å². The number of halogens is 17. The molecule has 212 valence electrons. The second-order valence-corrected chi connectivity index (χ2v) is 7.60. The third kappa shape index (κ3) is 4.38. The molecule has 0 amide bonds. The Morgan fingerprint density at radius 1 is 0.649 bits per heavy atom. The lowest BCUT2D eigenvalue weighted by Crippen LogP contribution is -2.53. The van der Waals surface area contributed by atoms with Gasteiger partial charge in [0.1, 0.15) is 0 Å². The summed E-state index contributed by atoms with van der Waals surface area (Å²) in [6.45, 7) is 0. The maximum absolute atomic E-state index is 14.3. The first-order valence-corrected chi connectivity index (χ1v) is 8.87. The first-order valence-electron chi connectivity index (χ1n) is 8.87. The van der Waals surface area contributed by atoms with Crippen LogP contribution in [0.1, 0.15) is 33.2 Å². The van der Waals surface area contributed by atoms with Crippen LogP contribution in [0.2, 0.25) is 0 Å². The van der Waals surface area contributed by atoms with Crippen LogP contribution in [-0.4, -0.2) is 52.5 Å². The van der Waals surface area contributed by atoms with E-state index in [0.717, 1.165) is 0 Å². The average Bonchev–Trinajstić information content (AvgIpc) is 2.93. The van der Waals surface area contributed by atoms with Gasteiger partial charge in [0, 0.05) is 16.7 Å². The minimum absolute atomic E-state index is 1.16. The number of hydrogen-bond donors (Lipinski definition) is 2. The van der Waals surface area contributed by atoms with Crippen molar-refractivity contribution >= 4 is 5.78 Å². The Morgan fingerprint density at radius 2 is 1.00 bits per heavy atom. The van der Waals surface area contributed by atoms with E-state index >= 15 is 0 Å². The number of rotatable bonds is 5. The average molecular weight is 582 g/mol. The van der Waals surface area contributed by atoms with E-state index in [2.05, 4.69) is 0 Å². The summed E-state index contributed by atoms with van der Waals surface area (Å²) in [6.07, 6.45) is -27.8. The Labute approximate surface area is 191 Å². The van der Waals surface area contributed by atoms with Crippen molar-refractivity contribution in [3.8, 4) is 0 Å². The normalized spacial score (nSPS) is 21.3. The van der Waals surface area contributed by atoms with Gasteiger partial charge in [0.15, 0.2) is 11.9 Å². The minimum Gasteiger partial charge on any atom is -0.388 e. The number of carbonyl (C=O) groups is 1. The molecule has 0 radical (unpaired) electrons. The van der Waals surface area contributed by atoms with E-state index in [1.807, 2.05) is 0 Å². The number of fused-ring (bicyclic) bond motifs is 1. The molecule has 0 saturated heterocycles. The van der Waals surface area contributed by atoms with E-state index in [0.29, 0.717) is 0 Å². The molecule has 0 aliphatic heterocycles. The second-order valence-electron chi connectivity index (χ2n) is 7.60. The molecule has 1 aromatic rings. The van der Waals surface area contributed by atoms with Gasteiger partial charge in [0.2, 0.25) is 0 Å². The van der Waals surface area contributed by atoms with E-state index in [9.17, 15) is 89.6 Å². The van der Waals surface area contributed by atoms with Crippen molar-refractivity contribution in [1.82, 2.24) is 0 Å². The molecule has 0 spiro atoms. The zero-order chi connectivity index (χ0) is 29.5. The minimum atomic E-state index is -7.49.